The van der Waals surface area contributed by atoms with E-state index in [0.717, 1.165) is 25.4 Å². The maximum Gasteiger partial charge on any atom is 0.209 e. The van der Waals surface area contributed by atoms with E-state index in [-0.39, 0.29) is 5.75 Å². The van der Waals surface area contributed by atoms with E-state index < -0.39 is 10.0 Å². The van der Waals surface area contributed by atoms with Crippen molar-refractivity contribution in [3.05, 3.63) is 0 Å². The molecule has 1 rings (SSSR count). The Balaban J connectivity index is 1.79. The molecule has 0 bridgehead atoms. The lowest BCUT2D eigenvalue weighted by Crippen LogP contribution is -2.16. The second kappa shape index (κ2) is 5.68. The van der Waals surface area contributed by atoms with Gasteiger partial charge in [0.15, 0.2) is 0 Å². The van der Waals surface area contributed by atoms with Crippen LogP contribution in [0.1, 0.15) is 32.1 Å². The van der Waals surface area contributed by atoms with Crippen molar-refractivity contribution >= 4 is 10.0 Å². The fourth-order valence-electron chi connectivity index (χ4n) is 1.27. The Hall–Kier alpha value is -0.130. The van der Waals surface area contributed by atoms with Gasteiger partial charge < -0.3 is 4.74 Å². The predicted octanol–water partition coefficient (Wildman–Crippen LogP) is 0.872. The molecule has 2 N–H and O–H groups in total. The number of hydrogen-bond acceptors (Lipinski definition) is 3. The highest BCUT2D eigenvalue weighted by Gasteiger charge is 2.20. The molecular weight excluding hydrogens is 202 g/mol. The molecule has 84 valence electrons. The summed E-state index contributed by atoms with van der Waals surface area (Å²) in [5, 5.41) is 4.86. The summed E-state index contributed by atoms with van der Waals surface area (Å²) in [5.74, 6) is 0.971. The van der Waals surface area contributed by atoms with Gasteiger partial charge in [0.05, 0.1) is 5.75 Å². The van der Waals surface area contributed by atoms with Crippen molar-refractivity contribution in [3.8, 4) is 0 Å². The zero-order chi connectivity index (χ0) is 10.4. The lowest BCUT2D eigenvalue weighted by Gasteiger charge is -2.02. The van der Waals surface area contributed by atoms with Crippen LogP contribution in [0.15, 0.2) is 0 Å². The molecule has 1 saturated carbocycles. The van der Waals surface area contributed by atoms with E-state index in [4.69, 9.17) is 9.88 Å². The summed E-state index contributed by atoms with van der Waals surface area (Å²) < 4.78 is 26.5. The maximum atomic E-state index is 10.6. The molecule has 0 aromatic heterocycles. The van der Waals surface area contributed by atoms with E-state index in [0.29, 0.717) is 13.0 Å². The summed E-state index contributed by atoms with van der Waals surface area (Å²) in [5.41, 5.74) is 0. The Labute approximate surface area is 85.9 Å². The summed E-state index contributed by atoms with van der Waals surface area (Å²) >= 11 is 0. The molecule has 0 saturated heterocycles. The second-order valence-corrected chi connectivity index (χ2v) is 5.65. The number of unbranched alkanes of at least 4 members (excludes halogenated alkanes) is 1. The third kappa shape index (κ3) is 7.29. The molecule has 0 aromatic rings. The average molecular weight is 221 g/mol. The molecule has 4 nitrogen and oxygen atoms in total. The van der Waals surface area contributed by atoms with Gasteiger partial charge in [-0.25, -0.2) is 13.6 Å². The third-order valence-electron chi connectivity index (χ3n) is 2.33. The van der Waals surface area contributed by atoms with Crippen LogP contribution in [0.3, 0.4) is 0 Å². The van der Waals surface area contributed by atoms with Crippen LogP contribution in [0, 0.1) is 5.92 Å². The minimum absolute atomic E-state index is 0.0684. The average Bonchev–Trinajstić information content (AvgIpc) is 2.84. The van der Waals surface area contributed by atoms with Crippen LogP contribution < -0.4 is 5.14 Å². The first kappa shape index (κ1) is 11.9. The number of rotatable bonds is 8. The zero-order valence-corrected chi connectivity index (χ0v) is 9.26. The first-order valence-electron chi connectivity index (χ1n) is 5.16. The van der Waals surface area contributed by atoms with Crippen molar-refractivity contribution in [2.24, 2.45) is 11.1 Å². The Kier molecular flexibility index (Phi) is 4.84. The van der Waals surface area contributed by atoms with Gasteiger partial charge in [0, 0.05) is 13.2 Å². The van der Waals surface area contributed by atoms with Gasteiger partial charge in [-0.1, -0.05) is 12.8 Å². The fraction of sp³-hybridized carbons (Fsp3) is 1.00. The van der Waals surface area contributed by atoms with Crippen LogP contribution in [0.25, 0.3) is 0 Å². The van der Waals surface area contributed by atoms with Crippen molar-refractivity contribution in [2.75, 3.05) is 19.0 Å². The molecular formula is C9H19NO3S. The van der Waals surface area contributed by atoms with Crippen LogP contribution in [0.4, 0.5) is 0 Å². The minimum atomic E-state index is -3.28. The third-order valence-corrected chi connectivity index (χ3v) is 3.19. The summed E-state index contributed by atoms with van der Waals surface area (Å²) in [4.78, 5) is 0. The van der Waals surface area contributed by atoms with Crippen molar-refractivity contribution in [2.45, 2.75) is 32.1 Å². The monoisotopic (exact) mass is 221 g/mol. The molecule has 0 aliphatic heterocycles. The maximum absolute atomic E-state index is 10.6. The highest BCUT2D eigenvalue weighted by Crippen LogP contribution is 2.32. The first-order valence-corrected chi connectivity index (χ1v) is 6.88. The van der Waals surface area contributed by atoms with Crippen LogP contribution >= 0.6 is 0 Å². The van der Waals surface area contributed by atoms with E-state index in [9.17, 15) is 8.42 Å². The Morgan fingerprint density at radius 3 is 2.50 bits per heavy atom. The van der Waals surface area contributed by atoms with Crippen molar-refractivity contribution < 1.29 is 13.2 Å². The summed E-state index contributed by atoms with van der Waals surface area (Å²) in [7, 11) is -3.28. The molecule has 0 heterocycles. The molecule has 0 radical (unpaired) electrons. The minimum Gasteiger partial charge on any atom is -0.381 e. The second-order valence-electron chi connectivity index (χ2n) is 3.92. The molecule has 0 spiro atoms. The molecule has 1 aliphatic rings. The van der Waals surface area contributed by atoms with Crippen LogP contribution in [0.5, 0.6) is 0 Å². The van der Waals surface area contributed by atoms with Crippen LogP contribution in [-0.4, -0.2) is 27.4 Å². The normalized spacial score (nSPS) is 17.2. The van der Waals surface area contributed by atoms with Gasteiger partial charge in [0.1, 0.15) is 0 Å². The molecule has 0 amide bonds. The number of sulfonamides is 1. The fourth-order valence-corrected chi connectivity index (χ4v) is 1.87. The standard InChI is InChI=1S/C9H19NO3S/c10-14(11,12)8-2-1-6-13-7-5-9-3-4-9/h9H,1-8H2,(H2,10,11,12). The molecule has 0 atom stereocenters. The van der Waals surface area contributed by atoms with Gasteiger partial charge in [0.25, 0.3) is 0 Å². The molecule has 1 aliphatic carbocycles. The molecule has 1 fully saturated rings. The number of nitrogens with two attached hydrogens (primary N) is 1. The van der Waals surface area contributed by atoms with Crippen molar-refractivity contribution in [3.63, 3.8) is 0 Å². The number of ether oxygens (including phenoxy) is 1. The lowest BCUT2D eigenvalue weighted by atomic mass is 10.3. The van der Waals surface area contributed by atoms with Crippen molar-refractivity contribution in [1.82, 2.24) is 0 Å². The van der Waals surface area contributed by atoms with Gasteiger partial charge in [-0.2, -0.15) is 0 Å². The summed E-state index contributed by atoms with van der Waals surface area (Å²) in [6.07, 6.45) is 5.25. The quantitative estimate of drug-likeness (QED) is 0.618. The Morgan fingerprint density at radius 2 is 1.93 bits per heavy atom. The first-order chi connectivity index (χ1) is 6.58. The van der Waals surface area contributed by atoms with E-state index >= 15 is 0 Å². The topological polar surface area (TPSA) is 69.4 Å². The lowest BCUT2D eigenvalue weighted by molar-refractivity contribution is 0.125. The summed E-state index contributed by atoms with van der Waals surface area (Å²) in [6, 6.07) is 0. The van der Waals surface area contributed by atoms with E-state index in [1.807, 2.05) is 0 Å². The molecule has 0 aromatic carbocycles. The van der Waals surface area contributed by atoms with Gasteiger partial charge in [-0.15, -0.1) is 0 Å². The zero-order valence-electron chi connectivity index (χ0n) is 8.44. The van der Waals surface area contributed by atoms with Gasteiger partial charge in [-0.3, -0.25) is 0 Å². The van der Waals surface area contributed by atoms with Gasteiger partial charge >= 0.3 is 0 Å². The smallest absolute Gasteiger partial charge is 0.209 e. The number of primary sulfonamides is 1. The molecule has 14 heavy (non-hydrogen) atoms. The highest BCUT2D eigenvalue weighted by molar-refractivity contribution is 7.89. The van der Waals surface area contributed by atoms with E-state index in [2.05, 4.69) is 0 Å². The SMILES string of the molecule is NS(=O)(=O)CCCCOCCC1CC1. The summed E-state index contributed by atoms with van der Waals surface area (Å²) in [6.45, 7) is 1.47. The largest absolute Gasteiger partial charge is 0.381 e. The number of hydrogen-bond donors (Lipinski definition) is 1. The predicted molar refractivity (Wildman–Crippen MR) is 55.4 cm³/mol. The van der Waals surface area contributed by atoms with E-state index in [1.54, 1.807) is 0 Å². The Morgan fingerprint density at radius 1 is 1.21 bits per heavy atom. The van der Waals surface area contributed by atoms with Crippen molar-refractivity contribution in [1.29, 1.82) is 0 Å². The van der Waals surface area contributed by atoms with Gasteiger partial charge in [-0.05, 0) is 25.2 Å². The highest BCUT2D eigenvalue weighted by atomic mass is 32.2. The molecule has 5 heteroatoms. The Bertz CT molecular complexity index is 247. The van der Waals surface area contributed by atoms with Gasteiger partial charge in [0.2, 0.25) is 10.0 Å². The van der Waals surface area contributed by atoms with Crippen LogP contribution in [0.2, 0.25) is 0 Å². The molecule has 0 unspecified atom stereocenters. The van der Waals surface area contributed by atoms with Crippen LogP contribution in [-0.2, 0) is 14.8 Å². The van der Waals surface area contributed by atoms with E-state index in [1.165, 1.54) is 12.8 Å².